The van der Waals surface area contributed by atoms with Crippen LogP contribution < -0.4 is 5.32 Å². The zero-order valence-electron chi connectivity index (χ0n) is 10.4. The number of hydrogen-bond acceptors (Lipinski definition) is 3. The Bertz CT molecular complexity index is 338. The molecule has 1 N–H and O–H groups in total. The van der Waals surface area contributed by atoms with Gasteiger partial charge in [0, 0.05) is 26.0 Å². The van der Waals surface area contributed by atoms with Gasteiger partial charge in [-0.05, 0) is 33.2 Å². The largest absolute Gasteiger partial charge is 0.376 e. The van der Waals surface area contributed by atoms with E-state index in [1.54, 1.807) is 0 Å². The SMILES string of the molecule is CCn1ccnc1C(NC)C1(OC)CCC1. The second-order valence-electron chi connectivity index (χ2n) is 4.42. The van der Waals surface area contributed by atoms with Crippen LogP contribution >= 0.6 is 0 Å². The molecule has 2 rings (SSSR count). The Labute approximate surface area is 97.0 Å². The van der Waals surface area contributed by atoms with Crippen LogP contribution in [-0.4, -0.2) is 29.3 Å². The summed E-state index contributed by atoms with van der Waals surface area (Å²) in [7, 11) is 3.79. The minimum Gasteiger partial charge on any atom is -0.376 e. The molecule has 1 heterocycles. The van der Waals surface area contributed by atoms with Crippen LogP contribution in [0.4, 0.5) is 0 Å². The standard InChI is InChI=1S/C12H21N3O/c1-4-15-9-8-14-11(15)10(13-2)12(16-3)6-5-7-12/h8-10,13H,4-7H2,1-3H3. The topological polar surface area (TPSA) is 39.1 Å². The summed E-state index contributed by atoms with van der Waals surface area (Å²) in [5.74, 6) is 1.09. The van der Waals surface area contributed by atoms with Crippen molar-refractivity contribution in [1.29, 1.82) is 0 Å². The van der Waals surface area contributed by atoms with Gasteiger partial charge in [0.2, 0.25) is 0 Å². The van der Waals surface area contributed by atoms with Crippen molar-refractivity contribution in [3.63, 3.8) is 0 Å². The van der Waals surface area contributed by atoms with Crippen molar-refractivity contribution in [3.05, 3.63) is 18.2 Å². The van der Waals surface area contributed by atoms with Gasteiger partial charge in [-0.1, -0.05) is 0 Å². The van der Waals surface area contributed by atoms with Crippen LogP contribution in [0.3, 0.4) is 0 Å². The van der Waals surface area contributed by atoms with E-state index in [0.717, 1.165) is 25.2 Å². The quantitative estimate of drug-likeness (QED) is 0.826. The summed E-state index contributed by atoms with van der Waals surface area (Å²) in [6.07, 6.45) is 7.38. The second-order valence-corrected chi connectivity index (χ2v) is 4.42. The van der Waals surface area contributed by atoms with Crippen molar-refractivity contribution in [3.8, 4) is 0 Å². The van der Waals surface area contributed by atoms with Gasteiger partial charge in [0.15, 0.2) is 0 Å². The van der Waals surface area contributed by atoms with Gasteiger partial charge in [-0.2, -0.15) is 0 Å². The lowest BCUT2D eigenvalue weighted by atomic mass is 9.74. The molecule has 1 fully saturated rings. The molecule has 1 aliphatic carbocycles. The smallest absolute Gasteiger partial charge is 0.128 e. The number of ether oxygens (including phenoxy) is 1. The highest BCUT2D eigenvalue weighted by Crippen LogP contribution is 2.44. The monoisotopic (exact) mass is 223 g/mol. The van der Waals surface area contributed by atoms with Crippen LogP contribution in [0.15, 0.2) is 12.4 Å². The predicted octanol–water partition coefficient (Wildman–Crippen LogP) is 1.73. The average molecular weight is 223 g/mol. The third kappa shape index (κ3) is 1.66. The molecule has 1 aliphatic rings. The fourth-order valence-electron chi connectivity index (χ4n) is 2.61. The number of rotatable bonds is 5. The first kappa shape index (κ1) is 11.6. The first-order chi connectivity index (χ1) is 7.77. The van der Waals surface area contributed by atoms with Gasteiger partial charge in [0.1, 0.15) is 5.82 Å². The van der Waals surface area contributed by atoms with E-state index in [4.69, 9.17) is 4.74 Å². The highest BCUT2D eigenvalue weighted by molar-refractivity contribution is 5.11. The van der Waals surface area contributed by atoms with Gasteiger partial charge in [-0.15, -0.1) is 0 Å². The molecule has 0 amide bonds. The Balaban J connectivity index is 2.28. The number of aryl methyl sites for hydroxylation is 1. The maximum atomic E-state index is 5.73. The molecule has 0 radical (unpaired) electrons. The number of likely N-dealkylation sites (N-methyl/N-ethyl adjacent to an activating group) is 1. The first-order valence-corrected chi connectivity index (χ1v) is 6.01. The van der Waals surface area contributed by atoms with Gasteiger partial charge >= 0.3 is 0 Å². The molecule has 90 valence electrons. The molecular weight excluding hydrogens is 202 g/mol. The predicted molar refractivity (Wildman–Crippen MR) is 63.3 cm³/mol. The molecule has 16 heavy (non-hydrogen) atoms. The lowest BCUT2D eigenvalue weighted by molar-refractivity contribution is -0.101. The van der Waals surface area contributed by atoms with E-state index >= 15 is 0 Å². The summed E-state index contributed by atoms with van der Waals surface area (Å²) < 4.78 is 7.92. The van der Waals surface area contributed by atoms with Gasteiger partial charge < -0.3 is 14.6 Å². The molecule has 1 atom stereocenters. The van der Waals surface area contributed by atoms with Crippen LogP contribution in [0, 0.1) is 0 Å². The minimum absolute atomic E-state index is 0.0486. The van der Waals surface area contributed by atoms with Crippen LogP contribution in [0.2, 0.25) is 0 Å². The van der Waals surface area contributed by atoms with Crippen LogP contribution in [0.1, 0.15) is 38.1 Å². The molecule has 0 saturated heterocycles. The number of aromatic nitrogens is 2. The number of nitrogens with zero attached hydrogens (tertiary/aromatic N) is 2. The van der Waals surface area contributed by atoms with E-state index in [1.165, 1.54) is 6.42 Å². The van der Waals surface area contributed by atoms with Crippen molar-refractivity contribution in [1.82, 2.24) is 14.9 Å². The van der Waals surface area contributed by atoms with Crippen molar-refractivity contribution in [2.24, 2.45) is 0 Å². The summed E-state index contributed by atoms with van der Waals surface area (Å²) in [5.41, 5.74) is -0.0486. The van der Waals surface area contributed by atoms with E-state index in [2.05, 4.69) is 21.8 Å². The Hall–Kier alpha value is -0.870. The molecule has 0 aromatic carbocycles. The normalized spacial score (nSPS) is 20.4. The van der Waals surface area contributed by atoms with Crippen molar-refractivity contribution in [2.75, 3.05) is 14.2 Å². The van der Waals surface area contributed by atoms with Crippen molar-refractivity contribution >= 4 is 0 Å². The van der Waals surface area contributed by atoms with Crippen molar-refractivity contribution in [2.45, 2.75) is 44.4 Å². The van der Waals surface area contributed by atoms with E-state index in [0.29, 0.717) is 0 Å². The Kier molecular flexibility index (Phi) is 3.30. The Morgan fingerprint density at radius 1 is 1.62 bits per heavy atom. The third-order valence-corrected chi connectivity index (χ3v) is 3.77. The molecule has 1 aromatic rings. The number of nitrogens with one attached hydrogen (secondary N) is 1. The lowest BCUT2D eigenvalue weighted by Crippen LogP contribution is -2.50. The molecular formula is C12H21N3O. The van der Waals surface area contributed by atoms with Gasteiger partial charge in [0.25, 0.3) is 0 Å². The van der Waals surface area contributed by atoms with Crippen molar-refractivity contribution < 1.29 is 4.74 Å². The molecule has 0 spiro atoms. The van der Waals surface area contributed by atoms with Crippen LogP contribution in [0.5, 0.6) is 0 Å². The minimum atomic E-state index is -0.0486. The zero-order valence-corrected chi connectivity index (χ0v) is 10.4. The molecule has 4 heteroatoms. The maximum Gasteiger partial charge on any atom is 0.128 e. The van der Waals surface area contributed by atoms with E-state index < -0.39 is 0 Å². The first-order valence-electron chi connectivity index (χ1n) is 6.01. The summed E-state index contributed by atoms with van der Waals surface area (Å²) >= 11 is 0. The molecule has 0 bridgehead atoms. The van der Waals surface area contributed by atoms with E-state index in [9.17, 15) is 0 Å². The van der Waals surface area contributed by atoms with Crippen LogP contribution in [0.25, 0.3) is 0 Å². The fraction of sp³-hybridized carbons (Fsp3) is 0.750. The molecule has 0 aliphatic heterocycles. The third-order valence-electron chi connectivity index (χ3n) is 3.77. The van der Waals surface area contributed by atoms with E-state index in [1.807, 2.05) is 26.6 Å². The van der Waals surface area contributed by atoms with Gasteiger partial charge in [-0.3, -0.25) is 0 Å². The van der Waals surface area contributed by atoms with Gasteiger partial charge in [-0.25, -0.2) is 4.98 Å². The summed E-state index contributed by atoms with van der Waals surface area (Å²) in [4.78, 5) is 4.47. The number of methoxy groups -OCH3 is 1. The summed E-state index contributed by atoms with van der Waals surface area (Å²) in [5, 5.41) is 3.36. The van der Waals surface area contributed by atoms with Crippen LogP contribution in [-0.2, 0) is 11.3 Å². The second kappa shape index (κ2) is 4.55. The molecule has 1 saturated carbocycles. The average Bonchev–Trinajstić information content (AvgIpc) is 2.70. The molecule has 1 aromatic heterocycles. The zero-order chi connectivity index (χ0) is 11.6. The molecule has 4 nitrogen and oxygen atoms in total. The van der Waals surface area contributed by atoms with E-state index in [-0.39, 0.29) is 11.6 Å². The number of hydrogen-bond donors (Lipinski definition) is 1. The maximum absolute atomic E-state index is 5.73. The molecule has 1 unspecified atom stereocenters. The summed E-state index contributed by atoms with van der Waals surface area (Å²) in [6.45, 7) is 3.09. The number of imidazole rings is 1. The fourth-order valence-corrected chi connectivity index (χ4v) is 2.61. The van der Waals surface area contributed by atoms with Gasteiger partial charge in [0.05, 0.1) is 11.6 Å². The Morgan fingerprint density at radius 2 is 2.38 bits per heavy atom. The Morgan fingerprint density at radius 3 is 2.81 bits per heavy atom. The highest BCUT2D eigenvalue weighted by atomic mass is 16.5. The lowest BCUT2D eigenvalue weighted by Gasteiger charge is -2.46. The summed E-state index contributed by atoms with van der Waals surface area (Å²) in [6, 6.07) is 0.196. The highest BCUT2D eigenvalue weighted by Gasteiger charge is 2.46.